The smallest absolute Gasteiger partial charge is 0.290 e. The number of aromatic nitrogens is 2. The van der Waals surface area contributed by atoms with E-state index < -0.39 is 26.5 Å². The lowest BCUT2D eigenvalue weighted by atomic mass is 10.1. The average Bonchev–Trinajstić information content (AvgIpc) is 2.71. The molecule has 0 unspecified atom stereocenters. The van der Waals surface area contributed by atoms with Gasteiger partial charge in [0.25, 0.3) is 15.0 Å². The highest BCUT2D eigenvalue weighted by molar-refractivity contribution is 8.13. The minimum absolute atomic E-state index is 0.150. The molecule has 0 bridgehead atoms. The Bertz CT molecular complexity index is 714. The van der Waals surface area contributed by atoms with Gasteiger partial charge >= 0.3 is 0 Å². The summed E-state index contributed by atoms with van der Waals surface area (Å²) in [5.41, 5.74) is -0.150. The van der Waals surface area contributed by atoms with Crippen LogP contribution in [0.4, 0.5) is 8.78 Å². The highest BCUT2D eigenvalue weighted by Gasteiger charge is 2.33. The third kappa shape index (κ3) is 3.16. The van der Waals surface area contributed by atoms with Crippen LogP contribution in [0.5, 0.6) is 0 Å². The Morgan fingerprint density at radius 1 is 1.30 bits per heavy atom. The maximum Gasteiger partial charge on any atom is 0.290 e. The second-order valence-corrected chi connectivity index (χ2v) is 6.78. The van der Waals surface area contributed by atoms with E-state index in [1.54, 1.807) is 6.07 Å². The zero-order valence-electron chi connectivity index (χ0n) is 10.4. The minimum atomic E-state index is -4.03. The third-order valence-corrected chi connectivity index (χ3v) is 3.94. The molecule has 8 heteroatoms. The van der Waals surface area contributed by atoms with Gasteiger partial charge in [-0.1, -0.05) is 30.3 Å². The molecule has 108 valence electrons. The Morgan fingerprint density at radius 3 is 2.40 bits per heavy atom. The summed E-state index contributed by atoms with van der Waals surface area (Å²) in [7, 11) is 1.11. The Kier molecular flexibility index (Phi) is 3.84. The number of rotatable bonds is 4. The van der Waals surface area contributed by atoms with Gasteiger partial charge in [0.05, 0.1) is 6.54 Å². The van der Waals surface area contributed by atoms with Gasteiger partial charge in [-0.15, -0.1) is 0 Å². The summed E-state index contributed by atoms with van der Waals surface area (Å²) in [4.78, 5) is 3.67. The molecule has 20 heavy (non-hydrogen) atoms. The van der Waals surface area contributed by atoms with Crippen LogP contribution in [0.2, 0.25) is 0 Å². The van der Waals surface area contributed by atoms with E-state index in [9.17, 15) is 17.2 Å². The fourth-order valence-electron chi connectivity index (χ4n) is 1.74. The van der Waals surface area contributed by atoms with E-state index in [4.69, 9.17) is 10.7 Å². The van der Waals surface area contributed by atoms with E-state index in [1.165, 1.54) is 31.2 Å². The average molecular weight is 321 g/mol. The molecule has 0 radical (unpaired) electrons. The van der Waals surface area contributed by atoms with Crippen molar-refractivity contribution < 1.29 is 17.2 Å². The highest BCUT2D eigenvalue weighted by atomic mass is 35.7. The van der Waals surface area contributed by atoms with Crippen LogP contribution < -0.4 is 0 Å². The molecule has 4 nitrogen and oxygen atoms in total. The van der Waals surface area contributed by atoms with Crippen molar-refractivity contribution in [3.63, 3.8) is 0 Å². The largest absolute Gasteiger partial charge is 0.327 e. The van der Waals surface area contributed by atoms with E-state index in [0.29, 0.717) is 0 Å². The maximum atomic E-state index is 14.1. The van der Waals surface area contributed by atoms with Gasteiger partial charge in [0.2, 0.25) is 0 Å². The van der Waals surface area contributed by atoms with Crippen molar-refractivity contribution >= 4 is 19.7 Å². The molecule has 0 spiro atoms. The molecule has 0 N–H and O–H groups in total. The summed E-state index contributed by atoms with van der Waals surface area (Å²) in [6.45, 7) is 0.731. The molecule has 1 aromatic carbocycles. The van der Waals surface area contributed by atoms with Crippen LogP contribution in [0.25, 0.3) is 0 Å². The van der Waals surface area contributed by atoms with Crippen LogP contribution >= 0.6 is 10.7 Å². The van der Waals surface area contributed by atoms with E-state index in [1.807, 2.05) is 0 Å². The van der Waals surface area contributed by atoms with Crippen LogP contribution in [0, 0.1) is 6.92 Å². The second kappa shape index (κ2) is 5.14. The molecule has 0 saturated heterocycles. The molecule has 1 aromatic heterocycles. The van der Waals surface area contributed by atoms with Crippen molar-refractivity contribution in [3.8, 4) is 0 Å². The summed E-state index contributed by atoms with van der Waals surface area (Å²) in [5.74, 6) is -2.99. The quantitative estimate of drug-likeness (QED) is 0.814. The number of imidazole rings is 1. The first-order chi connectivity index (χ1) is 9.20. The number of halogens is 3. The van der Waals surface area contributed by atoms with Gasteiger partial charge in [-0.05, 0) is 6.92 Å². The van der Waals surface area contributed by atoms with Crippen molar-refractivity contribution in [1.82, 2.24) is 9.55 Å². The number of benzene rings is 1. The molecule has 0 fully saturated rings. The first kappa shape index (κ1) is 14.9. The Labute approximate surface area is 119 Å². The van der Waals surface area contributed by atoms with Gasteiger partial charge in [-0.3, -0.25) is 0 Å². The topological polar surface area (TPSA) is 52.0 Å². The van der Waals surface area contributed by atoms with Crippen LogP contribution in [-0.4, -0.2) is 18.0 Å². The van der Waals surface area contributed by atoms with Gasteiger partial charge in [0, 0.05) is 22.4 Å². The second-order valence-electron chi connectivity index (χ2n) is 4.26. The van der Waals surface area contributed by atoms with E-state index >= 15 is 0 Å². The van der Waals surface area contributed by atoms with Gasteiger partial charge in [-0.2, -0.15) is 8.78 Å². The van der Waals surface area contributed by atoms with Crippen molar-refractivity contribution in [3.05, 3.63) is 47.9 Å². The van der Waals surface area contributed by atoms with Crippen LogP contribution in [0.1, 0.15) is 11.4 Å². The zero-order valence-corrected chi connectivity index (χ0v) is 12.0. The van der Waals surface area contributed by atoms with Crippen molar-refractivity contribution in [2.45, 2.75) is 24.4 Å². The van der Waals surface area contributed by atoms with Gasteiger partial charge in [0.1, 0.15) is 5.82 Å². The summed E-state index contributed by atoms with van der Waals surface area (Å²) in [6.07, 6.45) is 1.01. The molecule has 0 atom stereocenters. The standard InChI is InChI=1S/C12H11ClF2N2O2S/c1-9-16-11(20(13,18)19)7-17(9)8-12(14,15)10-5-3-2-4-6-10/h2-7H,8H2,1H3. The molecule has 0 amide bonds. The first-order valence-corrected chi connectivity index (χ1v) is 7.93. The number of alkyl halides is 2. The lowest BCUT2D eigenvalue weighted by Gasteiger charge is -2.17. The van der Waals surface area contributed by atoms with Crippen LogP contribution in [-0.2, 0) is 21.5 Å². The lowest BCUT2D eigenvalue weighted by Crippen LogP contribution is -2.21. The molecule has 0 aliphatic rings. The van der Waals surface area contributed by atoms with E-state index in [0.717, 1.165) is 10.8 Å². The van der Waals surface area contributed by atoms with Gasteiger partial charge in [0.15, 0.2) is 5.03 Å². The Hall–Kier alpha value is -1.47. The molecule has 2 aromatic rings. The maximum absolute atomic E-state index is 14.1. The zero-order chi connectivity index (χ0) is 15.0. The molecule has 2 rings (SSSR count). The normalized spacial score (nSPS) is 12.6. The lowest BCUT2D eigenvalue weighted by molar-refractivity contribution is -0.0228. The Balaban J connectivity index is 2.33. The highest BCUT2D eigenvalue weighted by Crippen LogP contribution is 2.30. The molecular formula is C12H11ClF2N2O2S. The van der Waals surface area contributed by atoms with Crippen LogP contribution in [0.15, 0.2) is 41.6 Å². The van der Waals surface area contributed by atoms with Crippen LogP contribution in [0.3, 0.4) is 0 Å². The van der Waals surface area contributed by atoms with E-state index in [2.05, 4.69) is 4.98 Å². The molecule has 1 heterocycles. The van der Waals surface area contributed by atoms with E-state index in [-0.39, 0.29) is 11.4 Å². The number of aryl methyl sites for hydroxylation is 1. The number of hydrogen-bond acceptors (Lipinski definition) is 3. The van der Waals surface area contributed by atoms with Crippen molar-refractivity contribution in [2.75, 3.05) is 0 Å². The monoisotopic (exact) mass is 320 g/mol. The molecule has 0 aliphatic carbocycles. The predicted molar refractivity (Wildman–Crippen MR) is 70.3 cm³/mol. The first-order valence-electron chi connectivity index (χ1n) is 5.62. The molecule has 0 aliphatic heterocycles. The van der Waals surface area contributed by atoms with Gasteiger partial charge in [-0.25, -0.2) is 13.4 Å². The number of nitrogens with zero attached hydrogens (tertiary/aromatic N) is 2. The van der Waals surface area contributed by atoms with Crippen molar-refractivity contribution in [1.29, 1.82) is 0 Å². The summed E-state index contributed by atoms with van der Waals surface area (Å²) >= 11 is 0. The summed E-state index contributed by atoms with van der Waals surface area (Å²) < 4.78 is 51.5. The summed E-state index contributed by atoms with van der Waals surface area (Å²) in [5, 5.41) is -0.430. The van der Waals surface area contributed by atoms with Gasteiger partial charge < -0.3 is 4.57 Å². The minimum Gasteiger partial charge on any atom is -0.327 e. The Morgan fingerprint density at radius 2 is 1.90 bits per heavy atom. The molecule has 0 saturated carbocycles. The fourth-order valence-corrected chi connectivity index (χ4v) is 2.46. The third-order valence-electron chi connectivity index (χ3n) is 2.77. The summed E-state index contributed by atoms with van der Waals surface area (Å²) in [6, 6.07) is 7.29. The fraction of sp³-hybridized carbons (Fsp3) is 0.250. The SMILES string of the molecule is Cc1nc(S(=O)(=O)Cl)cn1CC(F)(F)c1ccccc1. The molecular weight excluding hydrogens is 310 g/mol. The number of hydrogen-bond donors (Lipinski definition) is 0. The predicted octanol–water partition coefficient (Wildman–Crippen LogP) is 2.91. The van der Waals surface area contributed by atoms with Crippen molar-refractivity contribution in [2.24, 2.45) is 0 Å².